The number of ether oxygens (including phenoxy) is 1. The molecule has 0 bridgehead atoms. The van der Waals surface area contributed by atoms with E-state index in [1.165, 1.54) is 7.11 Å². The maximum absolute atomic E-state index is 13.9. The summed E-state index contributed by atoms with van der Waals surface area (Å²) in [6, 6.07) is 2.99. The molecule has 1 aromatic carbocycles. The van der Waals surface area contributed by atoms with E-state index < -0.39 is 16.6 Å². The largest absolute Gasteiger partial charge is 0.479 e. The van der Waals surface area contributed by atoms with Crippen LogP contribution in [0.5, 0.6) is 5.88 Å². The van der Waals surface area contributed by atoms with Crippen LogP contribution in [0, 0.1) is 29.8 Å². The van der Waals surface area contributed by atoms with E-state index in [2.05, 4.69) is 15.4 Å². The van der Waals surface area contributed by atoms with Crippen molar-refractivity contribution in [3.63, 3.8) is 0 Å². The minimum Gasteiger partial charge on any atom is -0.479 e. The number of carbonyl (C=O) groups is 1. The molecule has 0 spiro atoms. The number of nitro benzene ring substituents is 1. The SMILES string of the molecule is COc1nn(C)c2nc(C)c(CCC(=O)Nc3cc([N+](=O)[O-])ccc3F)c(C)c12. The molecule has 0 aliphatic rings. The number of carbonyl (C=O) groups excluding carboxylic acids is 1. The van der Waals surface area contributed by atoms with Crippen molar-refractivity contribution in [2.75, 3.05) is 12.4 Å². The first-order chi connectivity index (χ1) is 13.7. The third kappa shape index (κ3) is 3.86. The Morgan fingerprint density at radius 1 is 1.38 bits per heavy atom. The van der Waals surface area contributed by atoms with Crippen LogP contribution in [-0.2, 0) is 18.3 Å². The highest BCUT2D eigenvalue weighted by Crippen LogP contribution is 2.30. The number of nitro groups is 1. The number of nitrogens with zero attached hydrogens (tertiary/aromatic N) is 4. The zero-order chi connectivity index (χ0) is 21.3. The fourth-order valence-corrected chi connectivity index (χ4v) is 3.28. The van der Waals surface area contributed by atoms with Crippen LogP contribution in [0.15, 0.2) is 18.2 Å². The van der Waals surface area contributed by atoms with Crippen LogP contribution >= 0.6 is 0 Å². The van der Waals surface area contributed by atoms with E-state index in [0.717, 1.165) is 40.4 Å². The molecule has 10 heteroatoms. The molecule has 0 aliphatic carbocycles. The second-order valence-electron chi connectivity index (χ2n) is 6.60. The molecule has 3 rings (SSSR count). The molecule has 0 aliphatic heterocycles. The van der Waals surface area contributed by atoms with Gasteiger partial charge in [0.25, 0.3) is 5.69 Å². The van der Waals surface area contributed by atoms with Gasteiger partial charge in [-0.2, -0.15) is 0 Å². The molecule has 152 valence electrons. The Hall–Kier alpha value is -3.56. The summed E-state index contributed by atoms with van der Waals surface area (Å²) in [7, 11) is 3.30. The standard InChI is InChI=1S/C19H20FN5O4/c1-10-13(11(2)21-18-17(10)19(29-4)23-24(18)3)6-8-16(26)22-15-9-12(25(27)28)5-7-14(15)20/h5,7,9H,6,8H2,1-4H3,(H,22,26). The van der Waals surface area contributed by atoms with E-state index >= 15 is 0 Å². The molecule has 0 saturated heterocycles. The summed E-state index contributed by atoms with van der Waals surface area (Å²) in [4.78, 5) is 27.1. The maximum Gasteiger partial charge on any atom is 0.271 e. The van der Waals surface area contributed by atoms with Crippen molar-refractivity contribution in [3.05, 3.63) is 51.0 Å². The Labute approximate surface area is 165 Å². The minimum absolute atomic E-state index is 0.0551. The van der Waals surface area contributed by atoms with Crippen LogP contribution in [0.1, 0.15) is 23.2 Å². The van der Waals surface area contributed by atoms with E-state index in [4.69, 9.17) is 4.74 Å². The molecule has 2 heterocycles. The third-order valence-electron chi connectivity index (χ3n) is 4.75. The molecule has 0 radical (unpaired) electrons. The van der Waals surface area contributed by atoms with Gasteiger partial charge in [0.1, 0.15) is 5.82 Å². The molecule has 9 nitrogen and oxygen atoms in total. The Balaban J connectivity index is 1.81. The highest BCUT2D eigenvalue weighted by Gasteiger charge is 2.19. The second-order valence-corrected chi connectivity index (χ2v) is 6.60. The zero-order valence-corrected chi connectivity index (χ0v) is 16.4. The molecule has 29 heavy (non-hydrogen) atoms. The zero-order valence-electron chi connectivity index (χ0n) is 16.4. The van der Waals surface area contributed by atoms with Crippen molar-refractivity contribution in [1.82, 2.24) is 14.8 Å². The monoisotopic (exact) mass is 401 g/mol. The number of halogens is 1. The lowest BCUT2D eigenvalue weighted by Crippen LogP contribution is -2.14. The van der Waals surface area contributed by atoms with Crippen molar-refractivity contribution in [2.24, 2.45) is 7.05 Å². The van der Waals surface area contributed by atoms with Gasteiger partial charge in [-0.1, -0.05) is 0 Å². The average molecular weight is 401 g/mol. The predicted molar refractivity (Wildman–Crippen MR) is 105 cm³/mol. The van der Waals surface area contributed by atoms with Gasteiger partial charge in [-0.05, 0) is 37.5 Å². The molecular formula is C19H20FN5O4. The van der Waals surface area contributed by atoms with Gasteiger partial charge in [-0.15, -0.1) is 5.10 Å². The van der Waals surface area contributed by atoms with Crippen LogP contribution < -0.4 is 10.1 Å². The van der Waals surface area contributed by atoms with Gasteiger partial charge in [0, 0.05) is 31.3 Å². The Kier molecular flexibility index (Phi) is 5.44. The summed E-state index contributed by atoms with van der Waals surface area (Å²) >= 11 is 0. The number of fused-ring (bicyclic) bond motifs is 1. The average Bonchev–Trinajstić information content (AvgIpc) is 2.99. The molecule has 0 saturated carbocycles. The number of non-ortho nitro benzene ring substituents is 1. The van der Waals surface area contributed by atoms with E-state index in [9.17, 15) is 19.3 Å². The van der Waals surface area contributed by atoms with Crippen LogP contribution in [0.25, 0.3) is 11.0 Å². The van der Waals surface area contributed by atoms with Crippen LogP contribution in [-0.4, -0.2) is 32.7 Å². The fraction of sp³-hybridized carbons (Fsp3) is 0.316. The number of rotatable bonds is 6. The summed E-state index contributed by atoms with van der Waals surface area (Å²) in [5.41, 5.74) is 2.70. The first kappa shape index (κ1) is 20.2. The van der Waals surface area contributed by atoms with Crippen LogP contribution in [0.4, 0.5) is 15.8 Å². The Bertz CT molecular complexity index is 1130. The number of amides is 1. The van der Waals surface area contributed by atoms with Crippen molar-refractivity contribution < 1.29 is 18.8 Å². The van der Waals surface area contributed by atoms with Crippen molar-refractivity contribution in [3.8, 4) is 5.88 Å². The fourth-order valence-electron chi connectivity index (χ4n) is 3.28. The molecule has 3 aromatic rings. The Morgan fingerprint density at radius 3 is 2.76 bits per heavy atom. The van der Waals surface area contributed by atoms with Gasteiger partial charge < -0.3 is 10.1 Å². The lowest BCUT2D eigenvalue weighted by Gasteiger charge is -2.11. The number of hydrogen-bond donors (Lipinski definition) is 1. The minimum atomic E-state index is -0.737. The number of anilines is 1. The van der Waals surface area contributed by atoms with Gasteiger partial charge in [-0.3, -0.25) is 14.9 Å². The molecule has 0 fully saturated rings. The molecule has 1 amide bonds. The van der Waals surface area contributed by atoms with Crippen LogP contribution in [0.3, 0.4) is 0 Å². The van der Waals surface area contributed by atoms with Crippen molar-refractivity contribution in [1.29, 1.82) is 0 Å². The quantitative estimate of drug-likeness (QED) is 0.501. The first-order valence-electron chi connectivity index (χ1n) is 8.83. The first-order valence-corrected chi connectivity index (χ1v) is 8.83. The lowest BCUT2D eigenvalue weighted by atomic mass is 10.00. The number of pyridine rings is 1. The number of nitrogens with one attached hydrogen (secondary N) is 1. The van der Waals surface area contributed by atoms with Crippen molar-refractivity contribution in [2.45, 2.75) is 26.7 Å². The number of benzene rings is 1. The summed E-state index contributed by atoms with van der Waals surface area (Å²) in [6.45, 7) is 3.76. The summed E-state index contributed by atoms with van der Waals surface area (Å²) in [5.74, 6) is -0.738. The van der Waals surface area contributed by atoms with E-state index in [1.807, 2.05) is 13.8 Å². The molecule has 0 unspecified atom stereocenters. The van der Waals surface area contributed by atoms with Gasteiger partial charge in [0.15, 0.2) is 5.65 Å². The number of aromatic nitrogens is 3. The van der Waals surface area contributed by atoms with Crippen molar-refractivity contribution >= 4 is 28.3 Å². The van der Waals surface area contributed by atoms with Gasteiger partial charge in [-0.25, -0.2) is 14.1 Å². The van der Waals surface area contributed by atoms with E-state index in [1.54, 1.807) is 11.7 Å². The summed E-state index contributed by atoms with van der Waals surface area (Å²) in [6.07, 6.45) is 0.417. The highest BCUT2D eigenvalue weighted by molar-refractivity contribution is 5.92. The smallest absolute Gasteiger partial charge is 0.271 e. The number of aryl methyl sites for hydroxylation is 3. The number of methoxy groups -OCH3 is 1. The molecule has 1 N–H and O–H groups in total. The van der Waals surface area contributed by atoms with Crippen LogP contribution in [0.2, 0.25) is 0 Å². The third-order valence-corrected chi connectivity index (χ3v) is 4.75. The van der Waals surface area contributed by atoms with Gasteiger partial charge >= 0.3 is 0 Å². The topological polar surface area (TPSA) is 112 Å². The van der Waals surface area contributed by atoms with E-state index in [0.29, 0.717) is 17.9 Å². The molecule has 0 atom stereocenters. The summed E-state index contributed by atoms with van der Waals surface area (Å²) in [5, 5.41) is 18.3. The maximum atomic E-state index is 13.9. The predicted octanol–water partition coefficient (Wildman–Crippen LogP) is 3.21. The lowest BCUT2D eigenvalue weighted by molar-refractivity contribution is -0.384. The van der Waals surface area contributed by atoms with Gasteiger partial charge in [0.2, 0.25) is 11.8 Å². The second kappa shape index (κ2) is 7.82. The molecule has 2 aromatic heterocycles. The summed E-state index contributed by atoms with van der Waals surface area (Å²) < 4.78 is 20.8. The normalized spacial score (nSPS) is 10.9. The van der Waals surface area contributed by atoms with Gasteiger partial charge in [0.05, 0.1) is 23.1 Å². The highest BCUT2D eigenvalue weighted by atomic mass is 19.1. The van der Waals surface area contributed by atoms with E-state index in [-0.39, 0.29) is 17.8 Å². The molecular weight excluding hydrogens is 381 g/mol. The Morgan fingerprint density at radius 2 is 2.10 bits per heavy atom. The number of hydrogen-bond acceptors (Lipinski definition) is 6.